The van der Waals surface area contributed by atoms with Crippen molar-refractivity contribution < 1.29 is 4.79 Å². The molecule has 0 aliphatic rings. The van der Waals surface area contributed by atoms with Crippen molar-refractivity contribution in [3.63, 3.8) is 0 Å². The van der Waals surface area contributed by atoms with Gasteiger partial charge in [-0.2, -0.15) is 12.6 Å². The van der Waals surface area contributed by atoms with E-state index < -0.39 is 0 Å². The van der Waals surface area contributed by atoms with Gasteiger partial charge < -0.3 is 5.73 Å². The summed E-state index contributed by atoms with van der Waals surface area (Å²) in [6.07, 6.45) is 0. The molecule has 13 heavy (non-hydrogen) atoms. The lowest BCUT2D eigenvalue weighted by molar-refractivity contribution is 0.102. The Morgan fingerprint density at radius 1 is 1.77 bits per heavy atom. The molecule has 0 aliphatic carbocycles. The van der Waals surface area contributed by atoms with Crippen LogP contribution in [0.2, 0.25) is 0 Å². The van der Waals surface area contributed by atoms with Crippen LogP contribution in [0.4, 0.5) is 0 Å². The molecular formula is C8H12N2OS2. The molecule has 0 amide bonds. The molecule has 0 radical (unpaired) electrons. The average Bonchev–Trinajstić information content (AvgIpc) is 2.46. The Hall–Kier alpha value is -0.390. The van der Waals surface area contributed by atoms with Gasteiger partial charge in [0.05, 0.1) is 16.6 Å². The fourth-order valence-electron chi connectivity index (χ4n) is 0.981. The van der Waals surface area contributed by atoms with Crippen LogP contribution in [0.1, 0.15) is 33.3 Å². The number of carbonyl (C=O) groups is 1. The summed E-state index contributed by atoms with van der Waals surface area (Å²) >= 11 is 5.44. The van der Waals surface area contributed by atoms with Crippen molar-refractivity contribution in [3.05, 3.63) is 15.6 Å². The highest BCUT2D eigenvalue weighted by atomic mass is 32.1. The predicted molar refractivity (Wildman–Crippen MR) is 57.6 cm³/mol. The van der Waals surface area contributed by atoms with E-state index in [1.165, 1.54) is 18.3 Å². The molecule has 1 rings (SSSR count). The molecule has 0 spiro atoms. The minimum atomic E-state index is -0.167. The van der Waals surface area contributed by atoms with Crippen LogP contribution in [0.3, 0.4) is 0 Å². The number of carbonyl (C=O) groups excluding carboxylic acids is 1. The van der Waals surface area contributed by atoms with Gasteiger partial charge in [-0.15, -0.1) is 11.3 Å². The van der Waals surface area contributed by atoms with Crippen LogP contribution in [0, 0.1) is 6.92 Å². The monoisotopic (exact) mass is 216 g/mol. The quantitative estimate of drug-likeness (QED) is 0.596. The van der Waals surface area contributed by atoms with E-state index in [1.807, 2.05) is 6.92 Å². The number of rotatable bonds is 3. The second-order valence-corrected chi connectivity index (χ2v) is 4.21. The maximum absolute atomic E-state index is 11.1. The first-order valence-electron chi connectivity index (χ1n) is 3.91. The van der Waals surface area contributed by atoms with Crippen molar-refractivity contribution in [1.82, 2.24) is 4.98 Å². The zero-order valence-electron chi connectivity index (χ0n) is 7.57. The van der Waals surface area contributed by atoms with Crippen molar-refractivity contribution >= 4 is 29.7 Å². The lowest BCUT2D eigenvalue weighted by Gasteiger charge is -2.01. The van der Waals surface area contributed by atoms with Crippen LogP contribution in [0.5, 0.6) is 0 Å². The molecule has 1 aromatic rings. The smallest absolute Gasteiger partial charge is 0.171 e. The number of nitrogens with two attached hydrogens (primary N) is 1. The molecule has 1 aromatic heterocycles. The number of aryl methyl sites for hydroxylation is 1. The van der Waals surface area contributed by atoms with E-state index in [1.54, 1.807) is 0 Å². The molecule has 0 saturated heterocycles. The maximum Gasteiger partial charge on any atom is 0.171 e. The van der Waals surface area contributed by atoms with E-state index in [0.717, 1.165) is 10.7 Å². The van der Waals surface area contributed by atoms with Crippen LogP contribution >= 0.6 is 24.0 Å². The third-order valence-electron chi connectivity index (χ3n) is 1.65. The fourth-order valence-corrected chi connectivity index (χ4v) is 2.24. The minimum absolute atomic E-state index is 0.0487. The van der Waals surface area contributed by atoms with E-state index in [-0.39, 0.29) is 11.8 Å². The van der Waals surface area contributed by atoms with Gasteiger partial charge in [-0.05, 0) is 6.92 Å². The molecule has 1 heterocycles. The number of aromatic nitrogens is 1. The first-order valence-corrected chi connectivity index (χ1v) is 5.36. The molecule has 72 valence electrons. The van der Waals surface area contributed by atoms with Crippen LogP contribution in [0.25, 0.3) is 0 Å². The van der Waals surface area contributed by atoms with Crippen LogP contribution < -0.4 is 5.73 Å². The summed E-state index contributed by atoms with van der Waals surface area (Å²) in [5.74, 6) is 0.595. The largest absolute Gasteiger partial charge is 0.321 e. The van der Waals surface area contributed by atoms with Crippen LogP contribution in [-0.2, 0) is 0 Å². The van der Waals surface area contributed by atoms with Gasteiger partial charge in [-0.25, -0.2) is 4.98 Å². The molecule has 0 aliphatic heterocycles. The number of nitrogens with zero attached hydrogens (tertiary/aromatic N) is 1. The van der Waals surface area contributed by atoms with Crippen molar-refractivity contribution in [2.75, 3.05) is 5.75 Å². The van der Waals surface area contributed by atoms with Gasteiger partial charge in [0, 0.05) is 12.7 Å². The van der Waals surface area contributed by atoms with Gasteiger partial charge in [0.1, 0.15) is 5.01 Å². The second kappa shape index (κ2) is 4.21. The minimum Gasteiger partial charge on any atom is -0.321 e. The zero-order valence-corrected chi connectivity index (χ0v) is 9.28. The SMILES string of the molecule is CC(=O)c1sc([C@@H](N)CS)nc1C. The van der Waals surface area contributed by atoms with Crippen LogP contribution in [-0.4, -0.2) is 16.5 Å². The first kappa shape index (κ1) is 10.7. The lowest BCUT2D eigenvalue weighted by Crippen LogP contribution is -2.11. The summed E-state index contributed by atoms with van der Waals surface area (Å²) in [6.45, 7) is 3.36. The topological polar surface area (TPSA) is 56.0 Å². The molecule has 5 heteroatoms. The zero-order chi connectivity index (χ0) is 10.0. The average molecular weight is 216 g/mol. The molecule has 0 bridgehead atoms. The maximum atomic E-state index is 11.1. The number of thiazole rings is 1. The molecule has 0 aromatic carbocycles. The van der Waals surface area contributed by atoms with Crippen molar-refractivity contribution in [2.45, 2.75) is 19.9 Å². The number of Topliss-reactive ketones (excluding diaryl/α,β-unsaturated/α-hetero) is 1. The number of thiol groups is 1. The first-order chi connectivity index (χ1) is 6.06. The van der Waals surface area contributed by atoms with Gasteiger partial charge in [0.2, 0.25) is 0 Å². The van der Waals surface area contributed by atoms with E-state index in [9.17, 15) is 4.79 Å². The number of hydrogen-bond donors (Lipinski definition) is 2. The van der Waals surface area contributed by atoms with Crippen molar-refractivity contribution in [2.24, 2.45) is 5.73 Å². The molecule has 1 atom stereocenters. The van der Waals surface area contributed by atoms with E-state index in [0.29, 0.717) is 10.6 Å². The fraction of sp³-hybridized carbons (Fsp3) is 0.500. The Bertz CT molecular complexity index is 322. The highest BCUT2D eigenvalue weighted by molar-refractivity contribution is 7.80. The summed E-state index contributed by atoms with van der Waals surface area (Å²) in [5, 5.41) is 0.790. The second-order valence-electron chi connectivity index (χ2n) is 2.81. The Morgan fingerprint density at radius 3 is 2.77 bits per heavy atom. The predicted octanol–water partition coefficient (Wildman–Crippen LogP) is 1.58. The van der Waals surface area contributed by atoms with Crippen molar-refractivity contribution in [1.29, 1.82) is 0 Å². The Morgan fingerprint density at radius 2 is 2.38 bits per heavy atom. The van der Waals surface area contributed by atoms with Gasteiger partial charge in [-0.3, -0.25) is 4.79 Å². The number of hydrogen-bond acceptors (Lipinski definition) is 5. The molecule has 0 fully saturated rings. The van der Waals surface area contributed by atoms with Gasteiger partial charge in [0.15, 0.2) is 5.78 Å². The summed E-state index contributed by atoms with van der Waals surface area (Å²) < 4.78 is 0. The number of ketones is 1. The van der Waals surface area contributed by atoms with E-state index in [4.69, 9.17) is 5.73 Å². The van der Waals surface area contributed by atoms with E-state index in [2.05, 4.69) is 17.6 Å². The highest BCUT2D eigenvalue weighted by Gasteiger charge is 2.14. The normalized spacial score (nSPS) is 12.9. The van der Waals surface area contributed by atoms with Gasteiger partial charge >= 0.3 is 0 Å². The Kier molecular flexibility index (Phi) is 3.47. The summed E-state index contributed by atoms with van der Waals surface area (Å²) in [5.41, 5.74) is 6.51. The van der Waals surface area contributed by atoms with E-state index >= 15 is 0 Å². The summed E-state index contributed by atoms with van der Waals surface area (Å²) in [4.78, 5) is 16.0. The third-order valence-corrected chi connectivity index (χ3v) is 3.43. The summed E-state index contributed by atoms with van der Waals surface area (Å²) in [6, 6.07) is -0.167. The van der Waals surface area contributed by atoms with Gasteiger partial charge in [-0.1, -0.05) is 0 Å². The summed E-state index contributed by atoms with van der Waals surface area (Å²) in [7, 11) is 0. The Labute approximate surface area is 86.8 Å². The van der Waals surface area contributed by atoms with Gasteiger partial charge in [0.25, 0.3) is 0 Å². The molecule has 2 N–H and O–H groups in total. The standard InChI is InChI=1S/C8H12N2OS2/c1-4-7(5(2)11)13-8(10-4)6(9)3-12/h6,12H,3,9H2,1-2H3/t6-/m0/s1. The third kappa shape index (κ3) is 2.30. The molecule has 3 nitrogen and oxygen atoms in total. The van der Waals surface area contributed by atoms with Crippen molar-refractivity contribution in [3.8, 4) is 0 Å². The molecular weight excluding hydrogens is 204 g/mol. The highest BCUT2D eigenvalue weighted by Crippen LogP contribution is 2.23. The molecule has 0 saturated carbocycles. The molecule has 0 unspecified atom stereocenters. The van der Waals surface area contributed by atoms with Crippen LogP contribution in [0.15, 0.2) is 0 Å². The Balaban J connectivity index is 3.01. The lowest BCUT2D eigenvalue weighted by atomic mass is 10.3.